The van der Waals surface area contributed by atoms with Gasteiger partial charge in [-0.05, 0) is 38.0 Å². The van der Waals surface area contributed by atoms with Crippen LogP contribution in [-0.2, 0) is 13.1 Å². The van der Waals surface area contributed by atoms with Crippen LogP contribution in [0.4, 0.5) is 0 Å². The molecule has 2 aliphatic rings. The summed E-state index contributed by atoms with van der Waals surface area (Å²) in [7, 11) is 0. The SMILES string of the molecule is CCOc1ccccc1C(=O)N1CCn2nc(C(=O)N3CCCC3)cc2C1. The van der Waals surface area contributed by atoms with Crippen LogP contribution >= 0.6 is 0 Å². The average Bonchev–Trinajstić information content (AvgIpc) is 3.37. The molecule has 2 aliphatic heterocycles. The number of ether oxygens (including phenoxy) is 1. The highest BCUT2D eigenvalue weighted by Gasteiger charge is 2.28. The Hall–Kier alpha value is -2.83. The Balaban J connectivity index is 1.51. The van der Waals surface area contributed by atoms with Gasteiger partial charge in [0.25, 0.3) is 11.8 Å². The van der Waals surface area contributed by atoms with Gasteiger partial charge in [0.1, 0.15) is 5.75 Å². The van der Waals surface area contributed by atoms with Gasteiger partial charge < -0.3 is 14.5 Å². The molecule has 0 unspecified atom stereocenters. The summed E-state index contributed by atoms with van der Waals surface area (Å²) in [6.07, 6.45) is 2.11. The highest BCUT2D eigenvalue weighted by Crippen LogP contribution is 2.23. The first-order valence-corrected chi connectivity index (χ1v) is 9.54. The van der Waals surface area contributed by atoms with E-state index in [-0.39, 0.29) is 11.8 Å². The lowest BCUT2D eigenvalue weighted by Crippen LogP contribution is -2.38. The van der Waals surface area contributed by atoms with Gasteiger partial charge in [-0.1, -0.05) is 12.1 Å². The molecule has 142 valence electrons. The molecule has 0 atom stereocenters. The predicted molar refractivity (Wildman–Crippen MR) is 99.7 cm³/mol. The minimum Gasteiger partial charge on any atom is -0.493 e. The second-order valence-corrected chi connectivity index (χ2v) is 6.90. The highest BCUT2D eigenvalue weighted by molar-refractivity contribution is 5.97. The third kappa shape index (κ3) is 3.41. The number of likely N-dealkylation sites (tertiary alicyclic amines) is 1. The Bertz CT molecular complexity index is 855. The molecule has 1 saturated heterocycles. The summed E-state index contributed by atoms with van der Waals surface area (Å²) in [6, 6.07) is 9.15. The first-order chi connectivity index (χ1) is 13.2. The Morgan fingerprint density at radius 1 is 1.04 bits per heavy atom. The summed E-state index contributed by atoms with van der Waals surface area (Å²) in [5.41, 5.74) is 1.95. The van der Waals surface area contributed by atoms with Crippen molar-refractivity contribution < 1.29 is 14.3 Å². The quantitative estimate of drug-likeness (QED) is 0.830. The number of para-hydroxylation sites is 1. The normalized spacial score (nSPS) is 16.3. The van der Waals surface area contributed by atoms with Crippen molar-refractivity contribution in [3.8, 4) is 5.75 Å². The minimum atomic E-state index is -0.0566. The lowest BCUT2D eigenvalue weighted by molar-refractivity contribution is 0.0699. The molecule has 0 spiro atoms. The lowest BCUT2D eigenvalue weighted by atomic mass is 10.1. The van der Waals surface area contributed by atoms with E-state index in [2.05, 4.69) is 5.10 Å². The van der Waals surface area contributed by atoms with Gasteiger partial charge in [0.15, 0.2) is 5.69 Å². The van der Waals surface area contributed by atoms with Crippen molar-refractivity contribution >= 4 is 11.8 Å². The fraction of sp³-hybridized carbons (Fsp3) is 0.450. The van der Waals surface area contributed by atoms with Gasteiger partial charge in [-0.2, -0.15) is 5.10 Å². The summed E-state index contributed by atoms with van der Waals surface area (Å²) >= 11 is 0. The van der Waals surface area contributed by atoms with Crippen LogP contribution in [-0.4, -0.2) is 57.6 Å². The van der Waals surface area contributed by atoms with E-state index in [1.165, 1.54) is 0 Å². The van der Waals surface area contributed by atoms with E-state index in [4.69, 9.17) is 4.74 Å². The molecule has 1 aromatic heterocycles. The molecule has 0 saturated carbocycles. The van der Waals surface area contributed by atoms with E-state index < -0.39 is 0 Å². The molecular formula is C20H24N4O3. The maximum absolute atomic E-state index is 13.0. The van der Waals surface area contributed by atoms with E-state index in [1.807, 2.05) is 40.8 Å². The molecule has 3 heterocycles. The zero-order valence-corrected chi connectivity index (χ0v) is 15.6. The van der Waals surface area contributed by atoms with Crippen molar-refractivity contribution in [2.24, 2.45) is 0 Å². The zero-order valence-electron chi connectivity index (χ0n) is 15.6. The molecule has 27 heavy (non-hydrogen) atoms. The molecule has 0 bridgehead atoms. The summed E-state index contributed by atoms with van der Waals surface area (Å²) < 4.78 is 7.44. The number of hydrogen-bond donors (Lipinski definition) is 0. The van der Waals surface area contributed by atoms with Crippen LogP contribution in [0.15, 0.2) is 30.3 Å². The molecule has 0 N–H and O–H groups in total. The number of fused-ring (bicyclic) bond motifs is 1. The summed E-state index contributed by atoms with van der Waals surface area (Å²) in [6.45, 7) is 5.62. The van der Waals surface area contributed by atoms with E-state index in [0.29, 0.717) is 43.2 Å². The van der Waals surface area contributed by atoms with E-state index in [9.17, 15) is 9.59 Å². The van der Waals surface area contributed by atoms with Crippen LogP contribution in [0.3, 0.4) is 0 Å². The molecule has 0 aliphatic carbocycles. The number of benzene rings is 1. The molecule has 1 aromatic carbocycles. The molecule has 1 fully saturated rings. The molecule has 7 heteroatoms. The van der Waals surface area contributed by atoms with Crippen molar-refractivity contribution in [3.63, 3.8) is 0 Å². The second kappa shape index (κ2) is 7.42. The van der Waals surface area contributed by atoms with Crippen LogP contribution in [0, 0.1) is 0 Å². The van der Waals surface area contributed by atoms with Gasteiger partial charge in [-0.3, -0.25) is 14.3 Å². The number of rotatable bonds is 4. The average molecular weight is 368 g/mol. The predicted octanol–water partition coefficient (Wildman–Crippen LogP) is 2.17. The number of hydrogen-bond acceptors (Lipinski definition) is 4. The van der Waals surface area contributed by atoms with Crippen LogP contribution in [0.1, 0.15) is 46.3 Å². The van der Waals surface area contributed by atoms with Crippen LogP contribution < -0.4 is 4.74 Å². The Labute approximate surface area is 158 Å². The molecule has 7 nitrogen and oxygen atoms in total. The second-order valence-electron chi connectivity index (χ2n) is 6.90. The maximum Gasteiger partial charge on any atom is 0.274 e. The first kappa shape index (κ1) is 17.6. The van der Waals surface area contributed by atoms with E-state index in [1.54, 1.807) is 11.0 Å². The largest absolute Gasteiger partial charge is 0.493 e. The van der Waals surface area contributed by atoms with Crippen molar-refractivity contribution in [1.29, 1.82) is 0 Å². The minimum absolute atomic E-state index is 0.00559. The molecular weight excluding hydrogens is 344 g/mol. The third-order valence-electron chi connectivity index (χ3n) is 5.11. The zero-order chi connectivity index (χ0) is 18.8. The number of carbonyl (C=O) groups is 2. The standard InChI is InChI=1S/C20H24N4O3/c1-2-27-18-8-4-3-7-16(18)19(25)23-11-12-24-15(14-23)13-17(21-24)20(26)22-9-5-6-10-22/h3-4,7-8,13H,2,5-6,9-12,14H2,1H3. The van der Waals surface area contributed by atoms with Crippen molar-refractivity contribution in [2.75, 3.05) is 26.2 Å². The summed E-state index contributed by atoms with van der Waals surface area (Å²) in [4.78, 5) is 29.2. The van der Waals surface area contributed by atoms with Gasteiger partial charge in [-0.15, -0.1) is 0 Å². The number of amides is 2. The molecule has 0 radical (unpaired) electrons. The maximum atomic E-state index is 13.0. The molecule has 2 amide bonds. The first-order valence-electron chi connectivity index (χ1n) is 9.54. The topological polar surface area (TPSA) is 67.7 Å². The van der Waals surface area contributed by atoms with Gasteiger partial charge in [0.05, 0.1) is 31.0 Å². The number of carbonyl (C=O) groups excluding carboxylic acids is 2. The number of aromatic nitrogens is 2. The van der Waals surface area contributed by atoms with E-state index in [0.717, 1.165) is 31.6 Å². The monoisotopic (exact) mass is 368 g/mol. The Morgan fingerprint density at radius 2 is 1.81 bits per heavy atom. The van der Waals surface area contributed by atoms with Crippen molar-refractivity contribution in [3.05, 3.63) is 47.3 Å². The van der Waals surface area contributed by atoms with Gasteiger partial charge in [-0.25, -0.2) is 0 Å². The fourth-order valence-electron chi connectivity index (χ4n) is 3.72. The van der Waals surface area contributed by atoms with E-state index >= 15 is 0 Å². The van der Waals surface area contributed by atoms with Crippen LogP contribution in [0.25, 0.3) is 0 Å². The van der Waals surface area contributed by atoms with Gasteiger partial charge in [0.2, 0.25) is 0 Å². The molecule has 2 aromatic rings. The van der Waals surface area contributed by atoms with Crippen molar-refractivity contribution in [1.82, 2.24) is 19.6 Å². The summed E-state index contributed by atoms with van der Waals surface area (Å²) in [5, 5.41) is 4.47. The van der Waals surface area contributed by atoms with Crippen LogP contribution in [0.2, 0.25) is 0 Å². The Morgan fingerprint density at radius 3 is 2.59 bits per heavy atom. The van der Waals surface area contributed by atoms with Gasteiger partial charge >= 0.3 is 0 Å². The lowest BCUT2D eigenvalue weighted by Gasteiger charge is -2.28. The smallest absolute Gasteiger partial charge is 0.274 e. The van der Waals surface area contributed by atoms with Gasteiger partial charge in [0, 0.05) is 19.6 Å². The third-order valence-corrected chi connectivity index (χ3v) is 5.11. The van der Waals surface area contributed by atoms with Crippen molar-refractivity contribution in [2.45, 2.75) is 32.9 Å². The molecule has 4 rings (SSSR count). The van der Waals surface area contributed by atoms with Crippen LogP contribution in [0.5, 0.6) is 5.75 Å². The highest BCUT2D eigenvalue weighted by atomic mass is 16.5. The number of nitrogens with zero attached hydrogens (tertiary/aromatic N) is 4. The Kier molecular flexibility index (Phi) is 4.83. The summed E-state index contributed by atoms with van der Waals surface area (Å²) in [5.74, 6) is 0.543. The fourth-order valence-corrected chi connectivity index (χ4v) is 3.72.